The Morgan fingerprint density at radius 2 is 2.00 bits per heavy atom. The van der Waals surface area contributed by atoms with Crippen molar-refractivity contribution in [3.8, 4) is 11.5 Å². The summed E-state index contributed by atoms with van der Waals surface area (Å²) in [7, 11) is 0. The minimum atomic E-state index is -0.757. The standard InChI is InChI=1S/C26H26N2O5/c1-16(7-8-17-5-3-2-4-6-17)27-24(29)22-20-11-12-26(33-20)14-28(25(30)23(22)26)18-9-10-19-21(13-18)32-15-31-19/h2-6,9-13,16,20,22-23H,7-8,14-15H2,1H3,(H,27,29)/t16-,20-,22-,23+,26-/m1/s1. The number of amides is 2. The van der Waals surface area contributed by atoms with Crippen LogP contribution < -0.4 is 19.7 Å². The molecule has 7 nitrogen and oxygen atoms in total. The summed E-state index contributed by atoms with van der Waals surface area (Å²) in [6, 6.07) is 15.7. The highest BCUT2D eigenvalue weighted by atomic mass is 16.7. The highest BCUT2D eigenvalue weighted by Gasteiger charge is 2.67. The van der Waals surface area contributed by atoms with Gasteiger partial charge in [-0.1, -0.05) is 42.5 Å². The highest BCUT2D eigenvalue weighted by Crippen LogP contribution is 2.53. The van der Waals surface area contributed by atoms with Crippen LogP contribution in [-0.2, 0) is 20.7 Å². The van der Waals surface area contributed by atoms with Crippen LogP contribution >= 0.6 is 0 Å². The third-order valence-corrected chi connectivity index (χ3v) is 7.17. The number of nitrogens with one attached hydrogen (secondary N) is 1. The minimum absolute atomic E-state index is 0.00164. The van der Waals surface area contributed by atoms with Gasteiger partial charge in [-0.05, 0) is 37.5 Å². The molecule has 1 N–H and O–H groups in total. The number of anilines is 1. The third-order valence-electron chi connectivity index (χ3n) is 7.17. The van der Waals surface area contributed by atoms with Gasteiger partial charge in [0.1, 0.15) is 5.60 Å². The van der Waals surface area contributed by atoms with Crippen molar-refractivity contribution in [1.82, 2.24) is 5.32 Å². The molecule has 4 aliphatic heterocycles. The molecule has 4 heterocycles. The first-order valence-electron chi connectivity index (χ1n) is 11.5. The fourth-order valence-corrected chi connectivity index (χ4v) is 5.51. The Morgan fingerprint density at radius 3 is 2.85 bits per heavy atom. The Hall–Kier alpha value is -3.32. The summed E-state index contributed by atoms with van der Waals surface area (Å²) in [5.74, 6) is 0.0372. The first kappa shape index (κ1) is 20.3. The average molecular weight is 447 g/mol. The van der Waals surface area contributed by atoms with Crippen molar-refractivity contribution in [3.63, 3.8) is 0 Å². The molecule has 1 spiro atoms. The summed E-state index contributed by atoms with van der Waals surface area (Å²) in [6.07, 6.45) is 5.26. The van der Waals surface area contributed by atoms with E-state index in [0.717, 1.165) is 18.5 Å². The second-order valence-electron chi connectivity index (χ2n) is 9.30. The Bertz CT molecular complexity index is 1130. The molecule has 4 aliphatic rings. The van der Waals surface area contributed by atoms with Crippen LogP contribution in [0.2, 0.25) is 0 Å². The zero-order chi connectivity index (χ0) is 22.6. The van der Waals surface area contributed by atoms with Crippen LogP contribution in [0.3, 0.4) is 0 Å². The van der Waals surface area contributed by atoms with Crippen molar-refractivity contribution in [2.24, 2.45) is 11.8 Å². The number of hydrogen-bond donors (Lipinski definition) is 1. The van der Waals surface area contributed by atoms with Gasteiger partial charge in [-0.15, -0.1) is 0 Å². The lowest BCUT2D eigenvalue weighted by Gasteiger charge is -2.25. The number of carbonyl (C=O) groups excluding carboxylic acids is 2. The Labute approximate surface area is 192 Å². The number of nitrogens with zero attached hydrogens (tertiary/aromatic N) is 1. The number of rotatable bonds is 6. The van der Waals surface area contributed by atoms with E-state index < -0.39 is 17.4 Å². The van der Waals surface area contributed by atoms with Crippen molar-refractivity contribution in [2.45, 2.75) is 37.5 Å². The van der Waals surface area contributed by atoms with Gasteiger partial charge in [0.25, 0.3) is 0 Å². The number of aryl methyl sites for hydroxylation is 1. The van der Waals surface area contributed by atoms with Crippen molar-refractivity contribution in [1.29, 1.82) is 0 Å². The molecule has 7 heteroatoms. The molecule has 0 aromatic heterocycles. The second-order valence-corrected chi connectivity index (χ2v) is 9.30. The summed E-state index contributed by atoms with van der Waals surface area (Å²) in [5, 5.41) is 3.14. The predicted molar refractivity (Wildman–Crippen MR) is 121 cm³/mol. The van der Waals surface area contributed by atoms with Crippen molar-refractivity contribution >= 4 is 17.5 Å². The third kappa shape index (κ3) is 3.30. The lowest BCUT2D eigenvalue weighted by atomic mass is 9.76. The molecule has 6 rings (SSSR count). The van der Waals surface area contributed by atoms with Crippen molar-refractivity contribution in [3.05, 3.63) is 66.2 Å². The quantitative estimate of drug-likeness (QED) is 0.691. The summed E-state index contributed by atoms with van der Waals surface area (Å²) in [4.78, 5) is 28.6. The molecule has 0 unspecified atom stereocenters. The number of hydrogen-bond acceptors (Lipinski definition) is 5. The molecule has 2 fully saturated rings. The molecule has 0 saturated carbocycles. The van der Waals surface area contributed by atoms with Gasteiger partial charge in [0, 0.05) is 17.8 Å². The van der Waals surface area contributed by atoms with E-state index in [1.54, 1.807) is 4.90 Å². The maximum absolute atomic E-state index is 13.5. The van der Waals surface area contributed by atoms with Crippen molar-refractivity contribution < 1.29 is 23.8 Å². The fraction of sp³-hybridized carbons (Fsp3) is 0.385. The van der Waals surface area contributed by atoms with Crippen LogP contribution in [-0.4, -0.2) is 42.9 Å². The van der Waals surface area contributed by atoms with E-state index in [-0.39, 0.29) is 30.8 Å². The predicted octanol–water partition coefficient (Wildman–Crippen LogP) is 2.84. The van der Waals surface area contributed by atoms with E-state index in [4.69, 9.17) is 14.2 Å². The van der Waals surface area contributed by atoms with Gasteiger partial charge in [0.2, 0.25) is 18.6 Å². The molecule has 2 saturated heterocycles. The summed E-state index contributed by atoms with van der Waals surface area (Å²) >= 11 is 0. The smallest absolute Gasteiger partial charge is 0.234 e. The van der Waals surface area contributed by atoms with Gasteiger partial charge in [0.05, 0.1) is 24.5 Å². The molecular formula is C26H26N2O5. The maximum atomic E-state index is 13.5. The topological polar surface area (TPSA) is 77.1 Å². The first-order chi connectivity index (χ1) is 16.0. The number of fused-ring (bicyclic) bond motifs is 2. The highest BCUT2D eigenvalue weighted by molar-refractivity contribution is 6.03. The molecule has 2 amide bonds. The molecule has 2 bridgehead atoms. The van der Waals surface area contributed by atoms with Gasteiger partial charge in [-0.25, -0.2) is 0 Å². The monoisotopic (exact) mass is 446 g/mol. The van der Waals surface area contributed by atoms with Crippen LogP contribution in [0, 0.1) is 11.8 Å². The molecule has 0 aliphatic carbocycles. The largest absolute Gasteiger partial charge is 0.454 e. The van der Waals surface area contributed by atoms with E-state index in [0.29, 0.717) is 18.0 Å². The SMILES string of the molecule is C[C@H](CCc1ccccc1)NC(=O)[C@H]1[C@H]2C(=O)N(c3ccc4c(c3)OCO4)C[C@]23C=C[C@H]1O3. The number of carbonyl (C=O) groups is 2. The normalized spacial score (nSPS) is 29.4. The molecule has 33 heavy (non-hydrogen) atoms. The Balaban J connectivity index is 1.17. The van der Waals surface area contributed by atoms with E-state index in [9.17, 15) is 9.59 Å². The van der Waals surface area contributed by atoms with Crippen LogP contribution in [0.5, 0.6) is 11.5 Å². The zero-order valence-electron chi connectivity index (χ0n) is 18.4. The lowest BCUT2D eigenvalue weighted by Crippen LogP contribution is -2.46. The van der Waals surface area contributed by atoms with Crippen LogP contribution in [0.15, 0.2) is 60.7 Å². The fourth-order valence-electron chi connectivity index (χ4n) is 5.51. The van der Waals surface area contributed by atoms with Gasteiger partial charge in [-0.3, -0.25) is 9.59 Å². The number of benzene rings is 2. The molecule has 0 radical (unpaired) electrons. The van der Waals surface area contributed by atoms with Gasteiger partial charge in [0.15, 0.2) is 11.5 Å². The number of ether oxygens (including phenoxy) is 3. The van der Waals surface area contributed by atoms with Crippen LogP contribution in [0.25, 0.3) is 0 Å². The van der Waals surface area contributed by atoms with E-state index in [1.807, 2.05) is 55.5 Å². The molecular weight excluding hydrogens is 420 g/mol. The Kier molecular flexibility index (Phi) is 4.69. The van der Waals surface area contributed by atoms with Crippen LogP contribution in [0.4, 0.5) is 5.69 Å². The lowest BCUT2D eigenvalue weighted by molar-refractivity contribution is -0.132. The van der Waals surface area contributed by atoms with Crippen LogP contribution in [0.1, 0.15) is 18.9 Å². The van der Waals surface area contributed by atoms with E-state index in [1.165, 1.54) is 5.56 Å². The Morgan fingerprint density at radius 1 is 1.18 bits per heavy atom. The summed E-state index contributed by atoms with van der Waals surface area (Å²) < 4.78 is 17.1. The zero-order valence-corrected chi connectivity index (χ0v) is 18.4. The van der Waals surface area contributed by atoms with Gasteiger partial charge in [-0.2, -0.15) is 0 Å². The van der Waals surface area contributed by atoms with Crippen molar-refractivity contribution in [2.75, 3.05) is 18.2 Å². The molecule has 2 aromatic rings. The van der Waals surface area contributed by atoms with E-state index in [2.05, 4.69) is 17.4 Å². The van der Waals surface area contributed by atoms with E-state index >= 15 is 0 Å². The summed E-state index contributed by atoms with van der Waals surface area (Å²) in [6.45, 7) is 2.57. The molecule has 2 aromatic carbocycles. The molecule has 170 valence electrons. The minimum Gasteiger partial charge on any atom is -0.454 e. The average Bonchev–Trinajstić information content (AvgIpc) is 3.58. The first-order valence-corrected chi connectivity index (χ1v) is 11.5. The molecule has 5 atom stereocenters. The van der Waals surface area contributed by atoms with Gasteiger partial charge < -0.3 is 24.4 Å². The van der Waals surface area contributed by atoms with Gasteiger partial charge >= 0.3 is 0 Å². The maximum Gasteiger partial charge on any atom is 0.234 e. The summed E-state index contributed by atoms with van der Waals surface area (Å²) in [5.41, 5.74) is 1.21. The second kappa shape index (κ2) is 7.63.